The average molecular weight is 458 g/mol. The number of carbonyl (C=O) groups excluding carboxylic acids is 1. The summed E-state index contributed by atoms with van der Waals surface area (Å²) in [6, 6.07) is 18.0. The van der Waals surface area contributed by atoms with E-state index in [2.05, 4.69) is 56.5 Å². The molecule has 1 atom stereocenters. The highest BCUT2D eigenvalue weighted by molar-refractivity contribution is 6.30. The smallest absolute Gasteiger partial charge is 0.227 e. The molecule has 0 N–H and O–H groups in total. The molecule has 168 valence electrons. The van der Waals surface area contributed by atoms with E-state index < -0.39 is 0 Å². The Morgan fingerprint density at radius 2 is 1.64 bits per heavy atom. The SMILES string of the molecule is Cc1cc(C)c(C)c(Cn2c(C3CC(=O)N(c4ccc(Cl)cc4)C3)nc3ccccc32)c1C. The summed E-state index contributed by atoms with van der Waals surface area (Å²) in [7, 11) is 0. The fourth-order valence-corrected chi connectivity index (χ4v) is 5.14. The van der Waals surface area contributed by atoms with E-state index in [-0.39, 0.29) is 11.8 Å². The number of hydrogen-bond acceptors (Lipinski definition) is 2. The van der Waals surface area contributed by atoms with Crippen molar-refractivity contribution in [2.75, 3.05) is 11.4 Å². The van der Waals surface area contributed by atoms with Crippen LogP contribution in [-0.2, 0) is 11.3 Å². The zero-order valence-electron chi connectivity index (χ0n) is 19.5. The van der Waals surface area contributed by atoms with Crippen molar-refractivity contribution in [3.8, 4) is 0 Å². The maximum atomic E-state index is 13.0. The monoisotopic (exact) mass is 457 g/mol. The van der Waals surface area contributed by atoms with Gasteiger partial charge in [0.25, 0.3) is 0 Å². The first-order valence-electron chi connectivity index (χ1n) is 11.4. The molecular formula is C28H28ClN3O. The van der Waals surface area contributed by atoms with Crippen LogP contribution in [0.1, 0.15) is 46.0 Å². The van der Waals surface area contributed by atoms with E-state index in [0.29, 0.717) is 18.0 Å². The van der Waals surface area contributed by atoms with Crippen molar-refractivity contribution in [2.45, 2.75) is 46.6 Å². The third-order valence-corrected chi connectivity index (χ3v) is 7.40. The number of rotatable bonds is 4. The minimum Gasteiger partial charge on any atom is -0.323 e. The van der Waals surface area contributed by atoms with E-state index in [1.54, 1.807) is 0 Å². The Bertz CT molecular complexity index is 1340. The zero-order chi connectivity index (χ0) is 23.3. The first-order chi connectivity index (χ1) is 15.8. The van der Waals surface area contributed by atoms with Crippen LogP contribution in [0.15, 0.2) is 54.6 Å². The zero-order valence-corrected chi connectivity index (χ0v) is 20.3. The third-order valence-electron chi connectivity index (χ3n) is 7.15. The summed E-state index contributed by atoms with van der Waals surface area (Å²) in [5.41, 5.74) is 9.59. The molecule has 1 amide bonds. The van der Waals surface area contributed by atoms with Crippen LogP contribution >= 0.6 is 11.6 Å². The van der Waals surface area contributed by atoms with Gasteiger partial charge in [-0.2, -0.15) is 0 Å². The molecule has 4 aromatic rings. The summed E-state index contributed by atoms with van der Waals surface area (Å²) in [5, 5.41) is 0.669. The van der Waals surface area contributed by atoms with Crippen molar-refractivity contribution in [2.24, 2.45) is 0 Å². The number of hydrogen-bond donors (Lipinski definition) is 0. The number of carbonyl (C=O) groups is 1. The second kappa shape index (κ2) is 8.35. The Morgan fingerprint density at radius 1 is 0.970 bits per heavy atom. The van der Waals surface area contributed by atoms with Crippen molar-refractivity contribution in [3.05, 3.63) is 93.3 Å². The Kier molecular flexibility index (Phi) is 5.49. The Balaban J connectivity index is 1.57. The van der Waals surface area contributed by atoms with Gasteiger partial charge < -0.3 is 9.47 Å². The first kappa shape index (κ1) is 21.7. The summed E-state index contributed by atoms with van der Waals surface area (Å²) in [5.74, 6) is 1.14. The summed E-state index contributed by atoms with van der Waals surface area (Å²) in [4.78, 5) is 19.9. The van der Waals surface area contributed by atoms with E-state index in [9.17, 15) is 4.79 Å². The van der Waals surface area contributed by atoms with Crippen LogP contribution < -0.4 is 4.90 Å². The fourth-order valence-electron chi connectivity index (χ4n) is 5.02. The Morgan fingerprint density at radius 3 is 2.33 bits per heavy atom. The lowest BCUT2D eigenvalue weighted by atomic mass is 9.94. The van der Waals surface area contributed by atoms with E-state index >= 15 is 0 Å². The number of anilines is 1. The van der Waals surface area contributed by atoms with Crippen molar-refractivity contribution in [3.63, 3.8) is 0 Å². The summed E-state index contributed by atoms with van der Waals surface area (Å²) in [6.07, 6.45) is 0.455. The number of imidazole rings is 1. The van der Waals surface area contributed by atoms with Crippen molar-refractivity contribution in [1.29, 1.82) is 0 Å². The summed E-state index contributed by atoms with van der Waals surface area (Å²) in [6.45, 7) is 10.1. The average Bonchev–Trinajstić information content (AvgIpc) is 3.36. The van der Waals surface area contributed by atoms with Crippen LogP contribution in [0.2, 0.25) is 5.02 Å². The van der Waals surface area contributed by atoms with Gasteiger partial charge in [-0.3, -0.25) is 4.79 Å². The molecule has 1 aliphatic heterocycles. The van der Waals surface area contributed by atoms with Gasteiger partial charge in [-0.05, 0) is 91.9 Å². The second-order valence-electron chi connectivity index (χ2n) is 9.17. The number of nitrogens with zero attached hydrogens (tertiary/aromatic N) is 3. The van der Waals surface area contributed by atoms with Gasteiger partial charge in [-0.1, -0.05) is 29.8 Å². The molecule has 1 aliphatic rings. The van der Waals surface area contributed by atoms with Crippen LogP contribution in [-0.4, -0.2) is 22.0 Å². The number of para-hydroxylation sites is 2. The standard InChI is InChI=1S/C28H28ClN3O/c1-17-13-18(2)20(4)24(19(17)3)16-32-26-8-6-5-7-25(26)30-28(32)21-14-27(33)31(15-21)23-11-9-22(29)10-12-23/h5-13,21H,14-16H2,1-4H3. The van der Waals surface area contributed by atoms with Crippen LogP contribution in [0.3, 0.4) is 0 Å². The fraction of sp³-hybridized carbons (Fsp3) is 0.286. The van der Waals surface area contributed by atoms with Gasteiger partial charge in [0.15, 0.2) is 0 Å². The number of halogens is 1. The van der Waals surface area contributed by atoms with E-state index in [0.717, 1.165) is 29.1 Å². The highest BCUT2D eigenvalue weighted by Gasteiger charge is 2.35. The molecule has 33 heavy (non-hydrogen) atoms. The van der Waals surface area contributed by atoms with Gasteiger partial charge in [0.1, 0.15) is 5.82 Å². The summed E-state index contributed by atoms with van der Waals surface area (Å²) < 4.78 is 2.33. The summed E-state index contributed by atoms with van der Waals surface area (Å²) >= 11 is 6.05. The highest BCUT2D eigenvalue weighted by atomic mass is 35.5. The van der Waals surface area contributed by atoms with Gasteiger partial charge >= 0.3 is 0 Å². The lowest BCUT2D eigenvalue weighted by Crippen LogP contribution is -2.24. The van der Waals surface area contributed by atoms with E-state index in [4.69, 9.17) is 16.6 Å². The molecular weight excluding hydrogens is 430 g/mol. The van der Waals surface area contributed by atoms with Gasteiger partial charge in [-0.25, -0.2) is 4.98 Å². The Labute approximate surface area is 199 Å². The van der Waals surface area contributed by atoms with E-state index in [1.807, 2.05) is 35.2 Å². The molecule has 5 rings (SSSR count). The number of aromatic nitrogens is 2. The number of aryl methyl sites for hydroxylation is 2. The molecule has 0 radical (unpaired) electrons. The molecule has 1 aromatic heterocycles. The lowest BCUT2D eigenvalue weighted by molar-refractivity contribution is -0.117. The predicted octanol–water partition coefficient (Wildman–Crippen LogP) is 6.49. The first-order valence-corrected chi connectivity index (χ1v) is 11.8. The lowest BCUT2D eigenvalue weighted by Gasteiger charge is -2.20. The van der Waals surface area contributed by atoms with Crippen molar-refractivity contribution in [1.82, 2.24) is 9.55 Å². The topological polar surface area (TPSA) is 38.1 Å². The second-order valence-corrected chi connectivity index (χ2v) is 9.60. The molecule has 5 heteroatoms. The van der Waals surface area contributed by atoms with Crippen LogP contribution in [0.4, 0.5) is 5.69 Å². The molecule has 1 saturated heterocycles. The molecule has 2 heterocycles. The molecule has 0 aliphatic carbocycles. The van der Waals surface area contributed by atoms with Gasteiger partial charge in [0.2, 0.25) is 5.91 Å². The number of fused-ring (bicyclic) bond motifs is 1. The van der Waals surface area contributed by atoms with Gasteiger partial charge in [0, 0.05) is 36.1 Å². The molecule has 0 saturated carbocycles. The molecule has 0 bridgehead atoms. The quantitative estimate of drug-likeness (QED) is 0.351. The normalized spacial score (nSPS) is 16.2. The Hall–Kier alpha value is -3.11. The molecule has 3 aromatic carbocycles. The number of benzene rings is 3. The van der Waals surface area contributed by atoms with Crippen LogP contribution in [0.5, 0.6) is 0 Å². The van der Waals surface area contributed by atoms with Crippen molar-refractivity contribution >= 4 is 34.2 Å². The van der Waals surface area contributed by atoms with E-state index in [1.165, 1.54) is 27.8 Å². The van der Waals surface area contributed by atoms with Crippen LogP contribution in [0, 0.1) is 27.7 Å². The highest BCUT2D eigenvalue weighted by Crippen LogP contribution is 2.35. The van der Waals surface area contributed by atoms with Crippen molar-refractivity contribution < 1.29 is 4.79 Å². The number of amides is 1. The maximum absolute atomic E-state index is 13.0. The predicted molar refractivity (Wildman–Crippen MR) is 135 cm³/mol. The largest absolute Gasteiger partial charge is 0.323 e. The molecule has 1 unspecified atom stereocenters. The molecule has 4 nitrogen and oxygen atoms in total. The molecule has 0 spiro atoms. The molecule has 1 fully saturated rings. The van der Waals surface area contributed by atoms with Crippen LogP contribution in [0.25, 0.3) is 11.0 Å². The van der Waals surface area contributed by atoms with Gasteiger partial charge in [0.05, 0.1) is 11.0 Å². The maximum Gasteiger partial charge on any atom is 0.227 e. The third kappa shape index (κ3) is 3.83. The van der Waals surface area contributed by atoms with Gasteiger partial charge in [-0.15, -0.1) is 0 Å². The minimum absolute atomic E-state index is 0.0343. The minimum atomic E-state index is 0.0343.